The van der Waals surface area contributed by atoms with Gasteiger partial charge in [0, 0.05) is 5.91 Å². The summed E-state index contributed by atoms with van der Waals surface area (Å²) in [5, 5.41) is 2.90. The van der Waals surface area contributed by atoms with E-state index in [1.165, 1.54) is 32.6 Å². The first kappa shape index (κ1) is 29.3. The van der Waals surface area contributed by atoms with Crippen LogP contribution in [0.1, 0.15) is 30.9 Å². The van der Waals surface area contributed by atoms with E-state index in [1.54, 1.807) is 0 Å². The van der Waals surface area contributed by atoms with Crippen molar-refractivity contribution in [3.05, 3.63) is 126 Å². The van der Waals surface area contributed by atoms with Crippen molar-refractivity contribution < 1.29 is 25.6 Å². The number of rotatable bonds is 4. The number of amides is 1. The van der Waals surface area contributed by atoms with Crippen LogP contribution in [0.2, 0.25) is 0 Å². The van der Waals surface area contributed by atoms with Gasteiger partial charge in [0.15, 0.2) is 0 Å². The van der Waals surface area contributed by atoms with E-state index >= 15 is 0 Å². The summed E-state index contributed by atoms with van der Waals surface area (Å²) in [6.07, 6.45) is 2.24. The minimum absolute atomic E-state index is 0.271. The first-order valence-corrected chi connectivity index (χ1v) is 18.8. The second-order valence-electron chi connectivity index (χ2n) is 7.61. The summed E-state index contributed by atoms with van der Waals surface area (Å²) in [7, 11) is 10.1. The van der Waals surface area contributed by atoms with Gasteiger partial charge >= 0.3 is 37.9 Å². The molecule has 0 saturated heterocycles. The third-order valence-electron chi connectivity index (χ3n) is 5.03. The van der Waals surface area contributed by atoms with Crippen molar-refractivity contribution in [1.29, 1.82) is 0 Å². The van der Waals surface area contributed by atoms with Crippen molar-refractivity contribution in [2.24, 2.45) is 0 Å². The molecule has 1 aliphatic carbocycles. The molecule has 1 radical (unpaired) electrons. The van der Waals surface area contributed by atoms with Crippen molar-refractivity contribution in [2.75, 3.05) is 0 Å². The summed E-state index contributed by atoms with van der Waals surface area (Å²) in [4.78, 5) is 9.71. The predicted octanol–water partition coefficient (Wildman–Crippen LogP) is 6.87. The first-order chi connectivity index (χ1) is 17.1. The predicted molar refractivity (Wildman–Crippen MR) is 149 cm³/mol. The zero-order chi connectivity index (χ0) is 25.3. The van der Waals surface area contributed by atoms with Crippen LogP contribution in [0.5, 0.6) is 0 Å². The number of fused-ring (bicyclic) bond motifs is 3. The van der Waals surface area contributed by atoms with Crippen LogP contribution in [0, 0.1) is 6.07 Å². The molecule has 0 heterocycles. The van der Waals surface area contributed by atoms with Gasteiger partial charge in [0.05, 0.1) is 0 Å². The summed E-state index contributed by atoms with van der Waals surface area (Å²) < 4.78 is 0. The average molecular weight is 597 g/mol. The van der Waals surface area contributed by atoms with Crippen LogP contribution in [-0.4, -0.2) is 15.4 Å². The second kappa shape index (κ2) is 17.5. The van der Waals surface area contributed by atoms with Crippen LogP contribution in [0.4, 0.5) is 0 Å². The molecule has 1 N–H and O–H groups in total. The monoisotopic (exact) mass is 594 g/mol. The smallest absolute Gasteiger partial charge is 0.103 e. The molecule has 5 rings (SSSR count). The molecule has 4 aromatic carbocycles. The minimum atomic E-state index is -0.826. The molecule has 0 aromatic heterocycles. The Kier molecular flexibility index (Phi) is 14.6. The molecule has 0 unspecified atom stereocenters. The number of nitrogens with one attached hydrogen (secondary N) is 1. The average Bonchev–Trinajstić information content (AvgIpc) is 3.25. The van der Waals surface area contributed by atoms with E-state index in [9.17, 15) is 4.79 Å². The van der Waals surface area contributed by atoms with E-state index in [0.717, 1.165) is 12.8 Å². The molecule has 35 heavy (non-hydrogen) atoms. The van der Waals surface area contributed by atoms with E-state index in [2.05, 4.69) is 103 Å². The normalized spacial score (nSPS) is 9.91. The summed E-state index contributed by atoms with van der Waals surface area (Å²) in [5.74, 6) is -0.461. The fourth-order valence-electron chi connectivity index (χ4n) is 3.52. The Balaban J connectivity index is 0.000000186. The van der Waals surface area contributed by atoms with Crippen LogP contribution in [0.3, 0.4) is 0 Å². The molecule has 1 aliphatic rings. The Hall–Kier alpha value is -1.97. The van der Waals surface area contributed by atoms with Gasteiger partial charge in [-0.2, -0.15) is 29.8 Å². The van der Waals surface area contributed by atoms with Crippen molar-refractivity contribution >= 4 is 42.8 Å². The van der Waals surface area contributed by atoms with E-state index in [-0.39, 0.29) is 9.52 Å². The Labute approximate surface area is 230 Å². The Morgan fingerprint density at radius 2 is 1.37 bits per heavy atom. The Bertz CT molecular complexity index is 1060. The maximum atomic E-state index is 9.71. The van der Waals surface area contributed by atoms with Gasteiger partial charge in [0.2, 0.25) is 0 Å². The molecule has 0 fully saturated rings. The molecule has 177 valence electrons. The Morgan fingerprint density at radius 3 is 1.89 bits per heavy atom. The van der Waals surface area contributed by atoms with Gasteiger partial charge in [-0.1, -0.05) is 120 Å². The van der Waals surface area contributed by atoms with Gasteiger partial charge < -0.3 is 10.5 Å². The van der Waals surface area contributed by atoms with Crippen molar-refractivity contribution in [3.63, 3.8) is 0 Å². The summed E-state index contributed by atoms with van der Waals surface area (Å²) in [6, 6.07) is 39.4. The van der Waals surface area contributed by atoms with E-state index in [0.29, 0.717) is 6.42 Å². The molecule has 0 aliphatic heterocycles. The molecule has 2 nitrogen and oxygen atoms in total. The van der Waals surface area contributed by atoms with Crippen LogP contribution in [0.25, 0.3) is 16.9 Å². The third kappa shape index (κ3) is 11.1. The van der Waals surface area contributed by atoms with Crippen LogP contribution < -0.4 is 10.4 Å². The van der Waals surface area contributed by atoms with Gasteiger partial charge in [-0.15, -0.1) is 5.56 Å². The number of carbonyl (C=O) groups is 1. The van der Waals surface area contributed by atoms with Crippen LogP contribution >= 0.6 is 17.0 Å². The molecular formula is C29H28Cl2NOSiZr. The fourth-order valence-corrected chi connectivity index (χ4v) is 4.73. The SMILES string of the molecule is CCCC([NH-])=O.[Cl][Zr+2][Cl].[c-]1cccc2c1Cc1ccccc1-2.c1ccc([SiH]c2ccccc2)cc1. The number of benzene rings is 4. The quantitative estimate of drug-likeness (QED) is 0.165. The van der Waals surface area contributed by atoms with E-state index < -0.39 is 26.8 Å². The van der Waals surface area contributed by atoms with Gasteiger partial charge in [-0.05, 0) is 12.8 Å². The van der Waals surface area contributed by atoms with Gasteiger partial charge in [0.1, 0.15) is 9.52 Å². The summed E-state index contributed by atoms with van der Waals surface area (Å²) >= 11 is -0.826. The number of hydrogen-bond acceptors (Lipinski definition) is 1. The van der Waals surface area contributed by atoms with Gasteiger partial charge in [0.25, 0.3) is 0 Å². The molecule has 6 heteroatoms. The zero-order valence-corrected chi connectivity index (χ0v) is 24.8. The Morgan fingerprint density at radius 1 is 0.857 bits per heavy atom. The molecule has 0 saturated carbocycles. The largest absolute Gasteiger partial charge is 0.179 e. The second-order valence-corrected chi connectivity index (χ2v) is 13.0. The van der Waals surface area contributed by atoms with Crippen LogP contribution in [0.15, 0.2) is 103 Å². The van der Waals surface area contributed by atoms with Gasteiger partial charge in [-0.3, -0.25) is 0 Å². The molecule has 0 atom stereocenters. The van der Waals surface area contributed by atoms with Crippen molar-refractivity contribution in [1.82, 2.24) is 0 Å². The summed E-state index contributed by atoms with van der Waals surface area (Å²) in [5.41, 5.74) is 11.8. The fraction of sp³-hybridized carbons (Fsp3) is 0.138. The molecule has 0 spiro atoms. The topological polar surface area (TPSA) is 40.9 Å². The number of hydrogen-bond donors (Lipinski definition) is 0. The summed E-state index contributed by atoms with van der Waals surface area (Å²) in [6.45, 7) is 1.88. The van der Waals surface area contributed by atoms with Gasteiger partial charge in [-0.25, -0.2) is 0 Å². The zero-order valence-electron chi connectivity index (χ0n) is 19.7. The standard InChI is InChI=1S/C13H9.C12H11Si.C4H9NO.2ClH.Zr/c1-3-7-12-10(5-1)9-11-6-2-4-8-13(11)12;1-3-7-11(8-4-1)13-12-9-5-2-6-10-12;1-2-3-4(5)6;;;/h1-5,7-8H,9H2;1-10,13H;2-3H2,1H3,(H2,5,6);2*1H;/q-1;;;;;+4/p-3. The molecular weight excluding hydrogens is 569 g/mol. The third-order valence-corrected chi connectivity index (χ3v) is 6.46. The van der Waals surface area contributed by atoms with Crippen LogP contribution in [-0.2, 0) is 32.1 Å². The van der Waals surface area contributed by atoms with Crippen molar-refractivity contribution in [3.8, 4) is 11.1 Å². The van der Waals surface area contributed by atoms with E-state index in [1.807, 2.05) is 13.0 Å². The molecule has 1 amide bonds. The maximum Gasteiger partial charge on any atom is 0.103 e. The molecule has 4 aromatic rings. The number of carbonyl (C=O) groups excluding carboxylic acids is 1. The van der Waals surface area contributed by atoms with Crippen molar-refractivity contribution in [2.45, 2.75) is 26.2 Å². The number of halogens is 2. The minimum Gasteiger partial charge on any atom is -0.179 e. The van der Waals surface area contributed by atoms with E-state index in [4.69, 9.17) is 22.8 Å². The maximum absolute atomic E-state index is 9.71. The molecule has 0 bridgehead atoms. The first-order valence-electron chi connectivity index (χ1n) is 11.3.